The van der Waals surface area contributed by atoms with Gasteiger partial charge in [-0.15, -0.1) is 0 Å². The molecule has 0 radical (unpaired) electrons. The number of aromatic nitrogens is 5. The molecule has 7 nitrogen and oxygen atoms in total. The number of imidazole rings is 1. The van der Waals surface area contributed by atoms with Crippen molar-refractivity contribution in [3.05, 3.63) is 54.0 Å². The Balaban J connectivity index is 1.52. The lowest BCUT2D eigenvalue weighted by molar-refractivity contribution is -0.128. The highest BCUT2D eigenvalue weighted by Gasteiger charge is 2.33. The Kier molecular flexibility index (Phi) is 3.83. The van der Waals surface area contributed by atoms with Gasteiger partial charge in [0.25, 0.3) is 0 Å². The van der Waals surface area contributed by atoms with Gasteiger partial charge in [-0.1, -0.05) is 6.07 Å². The van der Waals surface area contributed by atoms with Gasteiger partial charge in [0.15, 0.2) is 0 Å². The maximum absolute atomic E-state index is 12.4. The number of nitrogens with zero attached hydrogens (tertiary/aromatic N) is 5. The number of aryl methyl sites for hydroxylation is 2. The zero-order valence-electron chi connectivity index (χ0n) is 14.3. The van der Waals surface area contributed by atoms with E-state index in [0.29, 0.717) is 19.5 Å². The maximum atomic E-state index is 12.4. The van der Waals surface area contributed by atoms with Crippen LogP contribution >= 0.6 is 0 Å². The smallest absolute Gasteiger partial charge is 0.223 e. The molecule has 0 aromatic carbocycles. The summed E-state index contributed by atoms with van der Waals surface area (Å²) >= 11 is 0. The minimum atomic E-state index is 0.0836. The van der Waals surface area contributed by atoms with E-state index in [1.165, 1.54) is 0 Å². The Hall–Kier alpha value is -2.96. The van der Waals surface area contributed by atoms with Crippen LogP contribution in [0.15, 0.2) is 36.8 Å². The lowest BCUT2D eigenvalue weighted by atomic mass is 10.1. The predicted octanol–water partition coefficient (Wildman–Crippen LogP) is 2.03. The fraction of sp³-hybridized carbons (Fsp3) is 0.333. The predicted molar refractivity (Wildman–Crippen MR) is 92.5 cm³/mol. The van der Waals surface area contributed by atoms with E-state index in [-0.39, 0.29) is 11.8 Å². The second-order valence-corrected chi connectivity index (χ2v) is 6.49. The summed E-state index contributed by atoms with van der Waals surface area (Å²) < 4.78 is 1.76. The van der Waals surface area contributed by atoms with Crippen molar-refractivity contribution in [3.63, 3.8) is 0 Å². The van der Waals surface area contributed by atoms with E-state index < -0.39 is 0 Å². The molecule has 1 atom stereocenters. The van der Waals surface area contributed by atoms with Crippen LogP contribution in [-0.2, 0) is 18.4 Å². The van der Waals surface area contributed by atoms with Gasteiger partial charge >= 0.3 is 0 Å². The monoisotopic (exact) mass is 336 g/mol. The number of aromatic amines is 1. The third kappa shape index (κ3) is 3.05. The minimum absolute atomic E-state index is 0.0836. The highest BCUT2D eigenvalue weighted by molar-refractivity contribution is 5.79. The van der Waals surface area contributed by atoms with Crippen molar-refractivity contribution >= 4 is 5.91 Å². The van der Waals surface area contributed by atoms with Gasteiger partial charge in [-0.3, -0.25) is 14.5 Å². The highest BCUT2D eigenvalue weighted by Crippen LogP contribution is 2.30. The number of pyridine rings is 1. The van der Waals surface area contributed by atoms with Crippen molar-refractivity contribution in [2.24, 2.45) is 7.05 Å². The molecule has 128 valence electrons. The highest BCUT2D eigenvalue weighted by atomic mass is 16.2. The molecule has 1 amide bonds. The molecule has 7 heteroatoms. The third-order valence-electron chi connectivity index (χ3n) is 4.56. The summed E-state index contributed by atoms with van der Waals surface area (Å²) in [5.74, 6) is 1.10. The molecule has 3 aromatic heterocycles. The van der Waals surface area contributed by atoms with Crippen LogP contribution in [0.5, 0.6) is 0 Å². The Morgan fingerprint density at radius 3 is 2.96 bits per heavy atom. The molecule has 1 N–H and O–H groups in total. The number of carbonyl (C=O) groups excluding carboxylic acids is 1. The van der Waals surface area contributed by atoms with Crippen LogP contribution in [0.1, 0.15) is 29.6 Å². The van der Waals surface area contributed by atoms with Gasteiger partial charge < -0.3 is 9.88 Å². The first-order valence-electron chi connectivity index (χ1n) is 8.33. The fourth-order valence-corrected chi connectivity index (χ4v) is 3.30. The van der Waals surface area contributed by atoms with Gasteiger partial charge in [-0.2, -0.15) is 5.10 Å². The summed E-state index contributed by atoms with van der Waals surface area (Å²) in [7, 11) is 1.89. The summed E-state index contributed by atoms with van der Waals surface area (Å²) in [4.78, 5) is 26.6. The largest absolute Gasteiger partial charge is 0.345 e. The summed E-state index contributed by atoms with van der Waals surface area (Å²) in [5, 5.41) is 4.21. The van der Waals surface area contributed by atoms with Crippen LogP contribution in [0.2, 0.25) is 0 Å². The molecule has 3 aromatic rings. The van der Waals surface area contributed by atoms with Crippen molar-refractivity contribution < 1.29 is 4.79 Å². The molecule has 25 heavy (non-hydrogen) atoms. The van der Waals surface area contributed by atoms with Gasteiger partial charge in [-0.05, 0) is 19.1 Å². The number of hydrogen-bond acceptors (Lipinski definition) is 4. The van der Waals surface area contributed by atoms with Gasteiger partial charge in [-0.25, -0.2) is 4.98 Å². The van der Waals surface area contributed by atoms with Crippen molar-refractivity contribution in [2.75, 3.05) is 6.54 Å². The van der Waals surface area contributed by atoms with E-state index in [4.69, 9.17) is 4.98 Å². The summed E-state index contributed by atoms with van der Waals surface area (Å²) in [5.41, 5.74) is 3.79. The van der Waals surface area contributed by atoms with Gasteiger partial charge in [0.1, 0.15) is 5.82 Å². The minimum Gasteiger partial charge on any atom is -0.345 e. The average Bonchev–Trinajstić information content (AvgIpc) is 3.28. The first-order chi connectivity index (χ1) is 12.1. The summed E-state index contributed by atoms with van der Waals surface area (Å²) in [6.07, 6.45) is 5.98. The molecule has 0 saturated carbocycles. The first-order valence-corrected chi connectivity index (χ1v) is 8.33. The van der Waals surface area contributed by atoms with Crippen LogP contribution < -0.4 is 0 Å². The number of carbonyl (C=O) groups is 1. The molecule has 4 rings (SSSR count). The molecule has 0 spiro atoms. The molecular weight excluding hydrogens is 316 g/mol. The molecule has 0 aliphatic carbocycles. The second kappa shape index (κ2) is 6.16. The normalized spacial score (nSPS) is 17.4. The van der Waals surface area contributed by atoms with Gasteiger partial charge in [0, 0.05) is 49.6 Å². The van der Waals surface area contributed by atoms with E-state index in [1.807, 2.05) is 43.3 Å². The van der Waals surface area contributed by atoms with Gasteiger partial charge in [0.05, 0.1) is 24.1 Å². The van der Waals surface area contributed by atoms with E-state index in [0.717, 1.165) is 28.5 Å². The third-order valence-corrected chi connectivity index (χ3v) is 4.56. The van der Waals surface area contributed by atoms with Crippen molar-refractivity contribution in [1.29, 1.82) is 0 Å². The Morgan fingerprint density at radius 1 is 1.36 bits per heavy atom. The number of rotatable bonds is 4. The van der Waals surface area contributed by atoms with Crippen molar-refractivity contribution in [2.45, 2.75) is 25.8 Å². The number of nitrogens with one attached hydrogen (secondary N) is 1. The van der Waals surface area contributed by atoms with Crippen molar-refractivity contribution in [3.8, 4) is 11.3 Å². The standard InChI is InChI=1S/C18H20N6O/c1-12-17(14-8-20-23(2)9-14)22-18(21-12)13-7-16(25)24(10-13)11-15-5-3-4-6-19-15/h3-6,8-9,13H,7,10-11H2,1-2H3,(H,21,22)/t13-/m0/s1. The fourth-order valence-electron chi connectivity index (χ4n) is 3.30. The quantitative estimate of drug-likeness (QED) is 0.790. The van der Waals surface area contributed by atoms with Crippen LogP contribution in [0.25, 0.3) is 11.3 Å². The molecular formula is C18H20N6O. The molecule has 1 fully saturated rings. The number of hydrogen-bond donors (Lipinski definition) is 1. The number of H-pyrrole nitrogens is 1. The summed E-state index contributed by atoms with van der Waals surface area (Å²) in [6.45, 7) is 3.21. The lowest BCUT2D eigenvalue weighted by Crippen LogP contribution is -2.24. The van der Waals surface area contributed by atoms with Crippen LogP contribution in [0.4, 0.5) is 0 Å². The Labute approximate surface area is 145 Å². The molecule has 0 bridgehead atoms. The lowest BCUT2D eigenvalue weighted by Gasteiger charge is -2.15. The summed E-state index contributed by atoms with van der Waals surface area (Å²) in [6, 6.07) is 5.76. The van der Waals surface area contributed by atoms with E-state index in [1.54, 1.807) is 17.1 Å². The van der Waals surface area contributed by atoms with Crippen LogP contribution in [0.3, 0.4) is 0 Å². The topological polar surface area (TPSA) is 79.7 Å². The maximum Gasteiger partial charge on any atom is 0.223 e. The molecule has 0 unspecified atom stereocenters. The molecule has 4 heterocycles. The Morgan fingerprint density at radius 2 is 2.24 bits per heavy atom. The van der Waals surface area contributed by atoms with Crippen LogP contribution in [0, 0.1) is 6.92 Å². The molecule has 1 saturated heterocycles. The zero-order valence-corrected chi connectivity index (χ0v) is 14.3. The van der Waals surface area contributed by atoms with E-state index >= 15 is 0 Å². The number of amides is 1. The first kappa shape index (κ1) is 15.6. The molecule has 1 aliphatic heterocycles. The van der Waals surface area contributed by atoms with E-state index in [2.05, 4.69) is 15.1 Å². The average molecular weight is 336 g/mol. The van der Waals surface area contributed by atoms with Crippen molar-refractivity contribution in [1.82, 2.24) is 29.6 Å². The Bertz CT molecular complexity index is 897. The number of likely N-dealkylation sites (tertiary alicyclic amines) is 1. The van der Waals surface area contributed by atoms with E-state index in [9.17, 15) is 4.79 Å². The van der Waals surface area contributed by atoms with Crippen LogP contribution in [-0.4, -0.2) is 42.1 Å². The molecule has 1 aliphatic rings. The second-order valence-electron chi connectivity index (χ2n) is 6.49. The van der Waals surface area contributed by atoms with Gasteiger partial charge in [0.2, 0.25) is 5.91 Å². The zero-order chi connectivity index (χ0) is 17.4. The SMILES string of the molecule is Cc1[nH]c([C@H]2CC(=O)N(Cc3ccccn3)C2)nc1-c1cnn(C)c1.